The van der Waals surface area contributed by atoms with E-state index in [2.05, 4.69) is 64.2 Å². The third-order valence-electron chi connectivity index (χ3n) is 4.40. The second-order valence-electron chi connectivity index (χ2n) is 6.09. The summed E-state index contributed by atoms with van der Waals surface area (Å²) in [4.78, 5) is 0. The topological polar surface area (TPSA) is 12.0 Å². The van der Waals surface area contributed by atoms with E-state index in [1.807, 2.05) is 0 Å². The standard InChI is InChI=1S/C18H31N/c1-6-16-9-11-17(12-10-16)13-18(7-2,8-3)14-19-15(4)5/h9-12,15,19H,6-8,13-14H2,1-5H3. The maximum atomic E-state index is 3.63. The molecule has 0 spiro atoms. The van der Waals surface area contributed by atoms with Crippen molar-refractivity contribution in [1.29, 1.82) is 0 Å². The summed E-state index contributed by atoms with van der Waals surface area (Å²) in [6.45, 7) is 12.4. The van der Waals surface area contributed by atoms with Gasteiger partial charge in [-0.25, -0.2) is 0 Å². The first-order valence-corrected chi connectivity index (χ1v) is 7.86. The molecular formula is C18H31N. The molecule has 0 atom stereocenters. The van der Waals surface area contributed by atoms with Gasteiger partial charge in [0, 0.05) is 12.6 Å². The summed E-state index contributed by atoms with van der Waals surface area (Å²) in [5, 5.41) is 3.63. The van der Waals surface area contributed by atoms with E-state index < -0.39 is 0 Å². The minimum Gasteiger partial charge on any atom is -0.314 e. The molecule has 1 aromatic carbocycles. The van der Waals surface area contributed by atoms with Crippen LogP contribution in [0.25, 0.3) is 0 Å². The first-order valence-electron chi connectivity index (χ1n) is 7.86. The first-order chi connectivity index (χ1) is 9.05. The van der Waals surface area contributed by atoms with Crippen LogP contribution in [0.15, 0.2) is 24.3 Å². The van der Waals surface area contributed by atoms with Crippen LogP contribution in [-0.2, 0) is 12.8 Å². The number of aryl methyl sites for hydroxylation is 1. The maximum absolute atomic E-state index is 3.63. The van der Waals surface area contributed by atoms with Crippen LogP contribution in [-0.4, -0.2) is 12.6 Å². The summed E-state index contributed by atoms with van der Waals surface area (Å²) < 4.78 is 0. The Morgan fingerprint density at radius 3 is 1.89 bits per heavy atom. The molecule has 0 aliphatic rings. The van der Waals surface area contributed by atoms with Gasteiger partial charge in [0.1, 0.15) is 0 Å². The van der Waals surface area contributed by atoms with Crippen molar-refractivity contribution in [3.05, 3.63) is 35.4 Å². The van der Waals surface area contributed by atoms with Crippen LogP contribution < -0.4 is 5.32 Å². The SMILES string of the molecule is CCc1ccc(CC(CC)(CC)CNC(C)C)cc1. The highest BCUT2D eigenvalue weighted by Crippen LogP contribution is 2.30. The van der Waals surface area contributed by atoms with Gasteiger partial charge in [-0.15, -0.1) is 0 Å². The fraction of sp³-hybridized carbons (Fsp3) is 0.667. The Morgan fingerprint density at radius 2 is 1.47 bits per heavy atom. The van der Waals surface area contributed by atoms with Crippen LogP contribution >= 0.6 is 0 Å². The summed E-state index contributed by atoms with van der Waals surface area (Å²) in [5.74, 6) is 0. The molecule has 0 saturated heterocycles. The molecule has 1 rings (SSSR count). The van der Waals surface area contributed by atoms with Gasteiger partial charge in [0.2, 0.25) is 0 Å². The molecule has 108 valence electrons. The highest BCUT2D eigenvalue weighted by atomic mass is 14.9. The quantitative estimate of drug-likeness (QED) is 0.721. The fourth-order valence-corrected chi connectivity index (χ4v) is 2.56. The molecule has 0 radical (unpaired) electrons. The monoisotopic (exact) mass is 261 g/mol. The van der Waals surface area contributed by atoms with Gasteiger partial charge in [-0.3, -0.25) is 0 Å². The van der Waals surface area contributed by atoms with Crippen LogP contribution in [0.5, 0.6) is 0 Å². The molecule has 0 amide bonds. The second-order valence-corrected chi connectivity index (χ2v) is 6.09. The zero-order valence-electron chi connectivity index (χ0n) is 13.4. The van der Waals surface area contributed by atoms with E-state index in [-0.39, 0.29) is 0 Å². The van der Waals surface area contributed by atoms with Crippen LogP contribution in [0.4, 0.5) is 0 Å². The molecule has 0 bridgehead atoms. The van der Waals surface area contributed by atoms with Crippen LogP contribution in [0.1, 0.15) is 58.6 Å². The van der Waals surface area contributed by atoms with E-state index in [4.69, 9.17) is 0 Å². The van der Waals surface area contributed by atoms with Gasteiger partial charge < -0.3 is 5.32 Å². The van der Waals surface area contributed by atoms with Crippen molar-refractivity contribution >= 4 is 0 Å². The average Bonchev–Trinajstić information content (AvgIpc) is 2.44. The normalized spacial score (nSPS) is 12.1. The minimum atomic E-state index is 0.401. The number of nitrogens with one attached hydrogen (secondary N) is 1. The van der Waals surface area contributed by atoms with Crippen LogP contribution in [0, 0.1) is 5.41 Å². The molecular weight excluding hydrogens is 230 g/mol. The highest BCUT2D eigenvalue weighted by molar-refractivity contribution is 5.23. The lowest BCUT2D eigenvalue weighted by atomic mass is 9.76. The van der Waals surface area contributed by atoms with Crippen molar-refractivity contribution in [2.45, 2.75) is 66.3 Å². The van der Waals surface area contributed by atoms with Crippen molar-refractivity contribution in [3.63, 3.8) is 0 Å². The Morgan fingerprint density at radius 1 is 0.947 bits per heavy atom. The fourth-order valence-electron chi connectivity index (χ4n) is 2.56. The first kappa shape index (κ1) is 16.2. The molecule has 0 aliphatic heterocycles. The van der Waals surface area contributed by atoms with Gasteiger partial charge in [0.05, 0.1) is 0 Å². The van der Waals surface area contributed by atoms with E-state index in [9.17, 15) is 0 Å². The van der Waals surface area contributed by atoms with Gasteiger partial charge in [-0.2, -0.15) is 0 Å². The van der Waals surface area contributed by atoms with Gasteiger partial charge in [-0.1, -0.05) is 58.9 Å². The van der Waals surface area contributed by atoms with Gasteiger partial charge in [-0.05, 0) is 42.2 Å². The lowest BCUT2D eigenvalue weighted by Gasteiger charge is -2.33. The highest BCUT2D eigenvalue weighted by Gasteiger charge is 2.26. The van der Waals surface area contributed by atoms with Crippen molar-refractivity contribution in [2.75, 3.05) is 6.54 Å². The van der Waals surface area contributed by atoms with Crippen molar-refractivity contribution in [2.24, 2.45) is 5.41 Å². The molecule has 0 saturated carbocycles. The number of rotatable bonds is 8. The van der Waals surface area contributed by atoms with E-state index in [1.165, 1.54) is 30.4 Å². The number of benzene rings is 1. The molecule has 1 heteroatoms. The molecule has 19 heavy (non-hydrogen) atoms. The average molecular weight is 261 g/mol. The Balaban J connectivity index is 2.75. The van der Waals surface area contributed by atoms with Gasteiger partial charge in [0.25, 0.3) is 0 Å². The molecule has 1 nitrogen and oxygen atoms in total. The Hall–Kier alpha value is -0.820. The van der Waals surface area contributed by atoms with Gasteiger partial charge in [0.15, 0.2) is 0 Å². The van der Waals surface area contributed by atoms with Crippen molar-refractivity contribution < 1.29 is 0 Å². The van der Waals surface area contributed by atoms with E-state index in [0.717, 1.165) is 13.0 Å². The summed E-state index contributed by atoms with van der Waals surface area (Å²) >= 11 is 0. The van der Waals surface area contributed by atoms with Crippen molar-refractivity contribution in [1.82, 2.24) is 5.32 Å². The lowest BCUT2D eigenvalue weighted by molar-refractivity contribution is 0.239. The second kappa shape index (κ2) is 7.69. The Labute approximate surface area is 119 Å². The summed E-state index contributed by atoms with van der Waals surface area (Å²) in [5.41, 5.74) is 3.31. The number of hydrogen-bond donors (Lipinski definition) is 1. The van der Waals surface area contributed by atoms with Crippen LogP contribution in [0.3, 0.4) is 0 Å². The molecule has 0 heterocycles. The van der Waals surface area contributed by atoms with E-state index in [1.54, 1.807) is 0 Å². The predicted octanol–water partition coefficient (Wildman–Crippen LogP) is 4.60. The largest absolute Gasteiger partial charge is 0.314 e. The Bertz CT molecular complexity index is 346. The molecule has 1 aromatic rings. The predicted molar refractivity (Wildman–Crippen MR) is 85.7 cm³/mol. The maximum Gasteiger partial charge on any atom is 0.00132 e. The minimum absolute atomic E-state index is 0.401. The molecule has 0 aromatic heterocycles. The zero-order chi connectivity index (χ0) is 14.3. The Kier molecular flexibility index (Phi) is 6.57. The summed E-state index contributed by atoms with van der Waals surface area (Å²) in [6, 6.07) is 9.76. The molecule has 0 unspecified atom stereocenters. The third kappa shape index (κ3) is 4.99. The zero-order valence-corrected chi connectivity index (χ0v) is 13.4. The van der Waals surface area contributed by atoms with E-state index >= 15 is 0 Å². The summed E-state index contributed by atoms with van der Waals surface area (Å²) in [7, 11) is 0. The molecule has 0 aliphatic carbocycles. The van der Waals surface area contributed by atoms with Crippen molar-refractivity contribution in [3.8, 4) is 0 Å². The van der Waals surface area contributed by atoms with Gasteiger partial charge >= 0.3 is 0 Å². The third-order valence-corrected chi connectivity index (χ3v) is 4.40. The lowest BCUT2D eigenvalue weighted by Crippen LogP contribution is -2.38. The summed E-state index contributed by atoms with van der Waals surface area (Å²) in [6.07, 6.45) is 4.78. The smallest absolute Gasteiger partial charge is 0.00132 e. The molecule has 0 fully saturated rings. The van der Waals surface area contributed by atoms with E-state index in [0.29, 0.717) is 11.5 Å². The number of hydrogen-bond acceptors (Lipinski definition) is 1. The molecule has 1 N–H and O–H groups in total. The van der Waals surface area contributed by atoms with Crippen LogP contribution in [0.2, 0.25) is 0 Å².